The van der Waals surface area contributed by atoms with Crippen molar-refractivity contribution in [3.63, 3.8) is 0 Å². The molecule has 4 nitrogen and oxygen atoms in total. The molecule has 0 aliphatic heterocycles. The first-order valence-electron chi connectivity index (χ1n) is 6.47. The van der Waals surface area contributed by atoms with Crippen LogP contribution in [-0.4, -0.2) is 20.6 Å². The van der Waals surface area contributed by atoms with Gasteiger partial charge in [-0.25, -0.2) is 4.98 Å². The number of fused-ring (bicyclic) bond motifs is 1. The van der Waals surface area contributed by atoms with E-state index in [1.54, 1.807) is 0 Å². The molecule has 0 saturated carbocycles. The van der Waals surface area contributed by atoms with Crippen molar-refractivity contribution in [3.8, 4) is 11.4 Å². The van der Waals surface area contributed by atoms with Crippen molar-refractivity contribution in [1.29, 1.82) is 0 Å². The van der Waals surface area contributed by atoms with Crippen LogP contribution >= 0.6 is 11.6 Å². The van der Waals surface area contributed by atoms with Gasteiger partial charge in [0.1, 0.15) is 5.82 Å². The number of carboxylic acids is 1. The highest BCUT2D eigenvalue weighted by Gasteiger charge is 2.11. The molecule has 0 saturated heterocycles. The van der Waals surface area contributed by atoms with E-state index in [4.69, 9.17) is 16.7 Å². The van der Waals surface area contributed by atoms with Crippen LogP contribution in [0, 0.1) is 0 Å². The van der Waals surface area contributed by atoms with Crippen LogP contribution in [0.4, 0.5) is 0 Å². The number of hydrogen-bond acceptors (Lipinski definition) is 2. The van der Waals surface area contributed by atoms with E-state index in [9.17, 15) is 4.79 Å². The number of aliphatic carboxylic acids is 1. The Morgan fingerprint density at radius 3 is 2.62 bits per heavy atom. The lowest BCUT2D eigenvalue weighted by Gasteiger charge is -2.02. The molecule has 1 heterocycles. The molecule has 2 aromatic carbocycles. The van der Waals surface area contributed by atoms with Gasteiger partial charge in [-0.05, 0) is 42.0 Å². The zero-order chi connectivity index (χ0) is 15.0. The molecule has 0 aliphatic carbocycles. The first-order chi connectivity index (χ1) is 10.0. The number of hydrogen-bond donors (Lipinski definition) is 1. The molecule has 3 aromatic rings. The molecule has 0 spiro atoms. The Balaban J connectivity index is 2.10. The first-order valence-corrected chi connectivity index (χ1v) is 6.85. The van der Waals surface area contributed by atoms with Gasteiger partial charge >= 0.3 is 5.97 Å². The fourth-order valence-electron chi connectivity index (χ4n) is 2.39. The lowest BCUT2D eigenvalue weighted by atomic mass is 10.1. The van der Waals surface area contributed by atoms with E-state index in [2.05, 4.69) is 4.98 Å². The summed E-state index contributed by atoms with van der Waals surface area (Å²) in [5.41, 5.74) is 3.48. The van der Waals surface area contributed by atoms with E-state index < -0.39 is 5.97 Å². The van der Waals surface area contributed by atoms with Crippen LogP contribution in [0.1, 0.15) is 5.56 Å². The van der Waals surface area contributed by atoms with Gasteiger partial charge in [0, 0.05) is 17.6 Å². The van der Waals surface area contributed by atoms with E-state index >= 15 is 0 Å². The molecule has 0 radical (unpaired) electrons. The Labute approximate surface area is 126 Å². The second-order valence-corrected chi connectivity index (χ2v) is 5.33. The zero-order valence-electron chi connectivity index (χ0n) is 11.4. The summed E-state index contributed by atoms with van der Waals surface area (Å²) in [6, 6.07) is 13.0. The number of aromatic nitrogens is 2. The molecule has 0 amide bonds. The van der Waals surface area contributed by atoms with Gasteiger partial charge in [0.15, 0.2) is 0 Å². The normalized spacial score (nSPS) is 11.0. The monoisotopic (exact) mass is 300 g/mol. The third-order valence-electron chi connectivity index (χ3n) is 3.40. The molecule has 106 valence electrons. The lowest BCUT2D eigenvalue weighted by Crippen LogP contribution is -1.99. The fourth-order valence-corrected chi connectivity index (χ4v) is 2.51. The summed E-state index contributed by atoms with van der Waals surface area (Å²) in [5.74, 6) is -0.0163. The van der Waals surface area contributed by atoms with Crippen LogP contribution in [0.3, 0.4) is 0 Å². The summed E-state index contributed by atoms with van der Waals surface area (Å²) in [4.78, 5) is 15.4. The third kappa shape index (κ3) is 2.62. The first kappa shape index (κ1) is 13.6. The molecule has 0 bridgehead atoms. The smallest absolute Gasteiger partial charge is 0.307 e. The highest BCUT2D eigenvalue weighted by atomic mass is 35.5. The quantitative estimate of drug-likeness (QED) is 0.805. The molecule has 5 heteroatoms. The maximum absolute atomic E-state index is 10.8. The molecule has 21 heavy (non-hydrogen) atoms. The molecule has 3 rings (SSSR count). The van der Waals surface area contributed by atoms with E-state index in [1.807, 2.05) is 54.1 Å². The van der Waals surface area contributed by atoms with Crippen molar-refractivity contribution >= 4 is 28.6 Å². The Morgan fingerprint density at radius 2 is 1.95 bits per heavy atom. The summed E-state index contributed by atoms with van der Waals surface area (Å²) < 4.78 is 1.99. The molecule has 1 N–H and O–H groups in total. The Bertz CT molecular complexity index is 822. The van der Waals surface area contributed by atoms with Gasteiger partial charge in [0.25, 0.3) is 0 Å². The maximum atomic E-state index is 10.8. The number of rotatable bonds is 3. The van der Waals surface area contributed by atoms with Crippen molar-refractivity contribution < 1.29 is 9.90 Å². The van der Waals surface area contributed by atoms with Crippen LogP contribution in [-0.2, 0) is 18.3 Å². The summed E-state index contributed by atoms with van der Waals surface area (Å²) in [7, 11) is 1.94. The van der Waals surface area contributed by atoms with Crippen molar-refractivity contribution in [3.05, 3.63) is 53.1 Å². The minimum absolute atomic E-state index is 0.00277. The number of nitrogens with zero attached hydrogens (tertiary/aromatic N) is 2. The van der Waals surface area contributed by atoms with Crippen LogP contribution in [0.15, 0.2) is 42.5 Å². The Morgan fingerprint density at radius 1 is 1.24 bits per heavy atom. The Kier molecular flexibility index (Phi) is 3.39. The van der Waals surface area contributed by atoms with Crippen molar-refractivity contribution in [2.75, 3.05) is 0 Å². The lowest BCUT2D eigenvalue weighted by molar-refractivity contribution is -0.136. The number of halogens is 1. The topological polar surface area (TPSA) is 55.1 Å². The van der Waals surface area contributed by atoms with E-state index in [0.717, 1.165) is 28.0 Å². The number of carbonyl (C=O) groups is 1. The number of aryl methyl sites for hydroxylation is 1. The molecular formula is C16H13ClN2O2. The van der Waals surface area contributed by atoms with Crippen molar-refractivity contribution in [2.45, 2.75) is 6.42 Å². The van der Waals surface area contributed by atoms with Crippen molar-refractivity contribution in [2.24, 2.45) is 7.05 Å². The molecule has 0 fully saturated rings. The summed E-state index contributed by atoms with van der Waals surface area (Å²) >= 11 is 5.90. The van der Waals surface area contributed by atoms with Gasteiger partial charge < -0.3 is 9.67 Å². The number of carboxylic acid groups (broad SMARTS) is 1. The second-order valence-electron chi connectivity index (χ2n) is 4.89. The molecule has 1 aromatic heterocycles. The SMILES string of the molecule is Cn1c(-c2ccc(Cl)cc2)nc2cc(CC(=O)O)ccc21. The average molecular weight is 301 g/mol. The molecule has 0 aliphatic rings. The molecule has 0 atom stereocenters. The standard InChI is InChI=1S/C16H13ClN2O2/c1-19-14-7-2-10(9-15(20)21)8-13(14)18-16(19)11-3-5-12(17)6-4-11/h2-8H,9H2,1H3,(H,20,21). The van der Waals surface area contributed by atoms with Gasteiger partial charge in [0.05, 0.1) is 17.5 Å². The van der Waals surface area contributed by atoms with Gasteiger partial charge in [-0.15, -0.1) is 0 Å². The van der Waals surface area contributed by atoms with Crippen LogP contribution < -0.4 is 0 Å². The summed E-state index contributed by atoms with van der Waals surface area (Å²) in [6.07, 6.45) is 0.00277. The van der Waals surface area contributed by atoms with Gasteiger partial charge in [-0.1, -0.05) is 17.7 Å². The number of benzene rings is 2. The second kappa shape index (κ2) is 5.22. The number of imidazole rings is 1. The highest BCUT2D eigenvalue weighted by Crippen LogP contribution is 2.25. The highest BCUT2D eigenvalue weighted by molar-refractivity contribution is 6.30. The van der Waals surface area contributed by atoms with E-state index in [0.29, 0.717) is 5.02 Å². The van der Waals surface area contributed by atoms with Crippen molar-refractivity contribution in [1.82, 2.24) is 9.55 Å². The maximum Gasteiger partial charge on any atom is 0.307 e. The van der Waals surface area contributed by atoms with Crippen LogP contribution in [0.5, 0.6) is 0 Å². The third-order valence-corrected chi connectivity index (χ3v) is 3.65. The van der Waals surface area contributed by atoms with Gasteiger partial charge in [-0.3, -0.25) is 4.79 Å². The van der Waals surface area contributed by atoms with E-state index in [1.165, 1.54) is 0 Å². The zero-order valence-corrected chi connectivity index (χ0v) is 12.1. The van der Waals surface area contributed by atoms with E-state index in [-0.39, 0.29) is 6.42 Å². The predicted octanol–water partition coefficient (Wildman–Crippen LogP) is 3.52. The summed E-state index contributed by atoms with van der Waals surface area (Å²) in [5, 5.41) is 9.55. The van der Waals surface area contributed by atoms with Crippen LogP contribution in [0.2, 0.25) is 5.02 Å². The Hall–Kier alpha value is -2.33. The molecule has 0 unspecified atom stereocenters. The average Bonchev–Trinajstić information content (AvgIpc) is 2.76. The minimum atomic E-state index is -0.844. The largest absolute Gasteiger partial charge is 0.481 e. The minimum Gasteiger partial charge on any atom is -0.481 e. The fraction of sp³-hybridized carbons (Fsp3) is 0.125. The van der Waals surface area contributed by atoms with Gasteiger partial charge in [-0.2, -0.15) is 0 Å². The predicted molar refractivity (Wildman–Crippen MR) is 82.5 cm³/mol. The van der Waals surface area contributed by atoms with Gasteiger partial charge in [0.2, 0.25) is 0 Å². The summed E-state index contributed by atoms with van der Waals surface area (Å²) in [6.45, 7) is 0. The molecular weight excluding hydrogens is 288 g/mol. The van der Waals surface area contributed by atoms with Crippen LogP contribution in [0.25, 0.3) is 22.4 Å².